The molecule has 8 nitrogen and oxygen atoms in total. The minimum Gasteiger partial charge on any atom is -0.465 e. The van der Waals surface area contributed by atoms with Gasteiger partial charge in [-0.3, -0.25) is 0 Å². The number of nitrogens with two attached hydrogens (primary N) is 1. The lowest BCUT2D eigenvalue weighted by atomic mass is 9.85. The van der Waals surface area contributed by atoms with Crippen LogP contribution in [0.2, 0.25) is 0 Å². The molecule has 0 heterocycles. The van der Waals surface area contributed by atoms with E-state index in [-0.39, 0.29) is 0 Å². The lowest BCUT2D eigenvalue weighted by Crippen LogP contribution is -2.18. The number of nitriles is 2. The second-order valence-corrected chi connectivity index (χ2v) is 8.96. The molecule has 0 fully saturated rings. The Kier molecular flexibility index (Phi) is 9.22. The summed E-state index contributed by atoms with van der Waals surface area (Å²) in [5, 5.41) is 18.2. The highest BCUT2D eigenvalue weighted by Crippen LogP contribution is 2.28. The maximum Gasteiger partial charge on any atom is 0.337 e. The van der Waals surface area contributed by atoms with Crippen molar-refractivity contribution in [3.8, 4) is 12.1 Å². The fourth-order valence-electron chi connectivity index (χ4n) is 2.84. The van der Waals surface area contributed by atoms with Crippen molar-refractivity contribution < 1.29 is 19.1 Å². The Hall–Kier alpha value is -4.04. The summed E-state index contributed by atoms with van der Waals surface area (Å²) >= 11 is 0. The molecule has 180 valence electrons. The quantitative estimate of drug-likeness (QED) is 0.515. The molecular formula is C26H32N4O4. The molecule has 0 atom stereocenters. The van der Waals surface area contributed by atoms with Gasteiger partial charge in [0, 0.05) is 25.5 Å². The van der Waals surface area contributed by atoms with Crippen LogP contribution >= 0.6 is 0 Å². The molecule has 0 radical (unpaired) electrons. The number of carbonyl (C=O) groups excluding carboxylic acids is 2. The van der Waals surface area contributed by atoms with Gasteiger partial charge in [-0.1, -0.05) is 0 Å². The van der Waals surface area contributed by atoms with E-state index in [9.17, 15) is 14.9 Å². The Bertz CT molecular complexity index is 1140. The van der Waals surface area contributed by atoms with E-state index >= 15 is 0 Å². The Morgan fingerprint density at radius 2 is 1.21 bits per heavy atom. The smallest absolute Gasteiger partial charge is 0.337 e. The number of nitrogen functional groups attached to an aromatic ring is 1. The number of esters is 2. The van der Waals surface area contributed by atoms with Crippen LogP contribution in [0, 0.1) is 22.7 Å². The first-order valence-electron chi connectivity index (χ1n) is 10.5. The third-order valence-corrected chi connectivity index (χ3v) is 5.23. The maximum atomic E-state index is 11.6. The summed E-state index contributed by atoms with van der Waals surface area (Å²) in [7, 11) is 6.43. The molecule has 0 aliphatic carbocycles. The lowest BCUT2D eigenvalue weighted by molar-refractivity contribution is 0.0591. The molecule has 0 saturated carbocycles. The number of ether oxygens (including phenoxy) is 2. The molecule has 2 N–H and O–H groups in total. The molecule has 0 unspecified atom stereocenters. The van der Waals surface area contributed by atoms with Crippen molar-refractivity contribution in [1.29, 1.82) is 10.5 Å². The molecule has 0 spiro atoms. The van der Waals surface area contributed by atoms with Crippen LogP contribution < -0.4 is 10.6 Å². The third-order valence-electron chi connectivity index (χ3n) is 5.23. The second kappa shape index (κ2) is 11.2. The van der Waals surface area contributed by atoms with Crippen molar-refractivity contribution >= 4 is 23.3 Å². The van der Waals surface area contributed by atoms with Crippen LogP contribution in [0.1, 0.15) is 59.5 Å². The van der Waals surface area contributed by atoms with Gasteiger partial charge in [0.05, 0.1) is 48.3 Å². The summed E-state index contributed by atoms with van der Waals surface area (Å²) < 4.78 is 9.35. The van der Waals surface area contributed by atoms with Gasteiger partial charge in [0.25, 0.3) is 0 Å². The minimum atomic E-state index is -0.682. The van der Waals surface area contributed by atoms with Crippen LogP contribution in [-0.4, -0.2) is 40.3 Å². The molecule has 34 heavy (non-hydrogen) atoms. The summed E-state index contributed by atoms with van der Waals surface area (Å²) in [4.78, 5) is 24.9. The minimum absolute atomic E-state index is 0.362. The normalized spacial score (nSPS) is 10.6. The van der Waals surface area contributed by atoms with Crippen molar-refractivity contribution in [2.45, 2.75) is 38.5 Å². The Morgan fingerprint density at radius 1 is 0.794 bits per heavy atom. The zero-order valence-electron chi connectivity index (χ0n) is 21.0. The van der Waals surface area contributed by atoms with Gasteiger partial charge < -0.3 is 20.1 Å². The van der Waals surface area contributed by atoms with Crippen LogP contribution in [-0.2, 0) is 20.3 Å². The monoisotopic (exact) mass is 464 g/mol. The summed E-state index contributed by atoms with van der Waals surface area (Å²) in [6, 6.07) is 14.6. The van der Waals surface area contributed by atoms with E-state index in [1.165, 1.54) is 20.3 Å². The Morgan fingerprint density at radius 3 is 1.59 bits per heavy atom. The molecular weight excluding hydrogens is 432 g/mol. The van der Waals surface area contributed by atoms with Gasteiger partial charge in [0.1, 0.15) is 0 Å². The van der Waals surface area contributed by atoms with Crippen molar-refractivity contribution in [2.24, 2.45) is 0 Å². The van der Waals surface area contributed by atoms with E-state index in [1.807, 2.05) is 38.9 Å². The van der Waals surface area contributed by atoms with E-state index in [0.29, 0.717) is 22.4 Å². The highest BCUT2D eigenvalue weighted by Gasteiger charge is 2.23. The standard InChI is InChI=1S/C14H18N2O2.C12H14N2O2/c1-14(2,9-15)11-6-10(13(17)18-5)7-12(8-11)16(3)4;1-12(2,7-13)9-4-8(11(15)16-3)5-10(14)6-9/h6-8H,1-5H3;4-6H,14H2,1-3H3. The number of methoxy groups -OCH3 is 2. The largest absolute Gasteiger partial charge is 0.465 e. The number of nitrogens with zero attached hydrogens (tertiary/aromatic N) is 3. The van der Waals surface area contributed by atoms with Crippen molar-refractivity contribution in [3.05, 3.63) is 58.7 Å². The number of anilines is 2. The first-order chi connectivity index (χ1) is 15.7. The van der Waals surface area contributed by atoms with E-state index in [0.717, 1.165) is 11.3 Å². The van der Waals surface area contributed by atoms with Crippen LogP contribution in [0.3, 0.4) is 0 Å². The van der Waals surface area contributed by atoms with E-state index in [4.69, 9.17) is 15.7 Å². The summed E-state index contributed by atoms with van der Waals surface area (Å²) in [6.45, 7) is 7.18. The molecule has 2 rings (SSSR count). The van der Waals surface area contributed by atoms with Crippen molar-refractivity contribution in [3.63, 3.8) is 0 Å². The van der Waals surface area contributed by atoms with Crippen LogP contribution in [0.15, 0.2) is 36.4 Å². The number of hydrogen-bond donors (Lipinski definition) is 1. The molecule has 0 aromatic heterocycles. The van der Waals surface area contributed by atoms with Crippen LogP contribution in [0.5, 0.6) is 0 Å². The highest BCUT2D eigenvalue weighted by atomic mass is 16.5. The SMILES string of the molecule is COC(=O)c1cc(N(C)C)cc(C(C)(C)C#N)c1.COC(=O)c1cc(N)cc(C(C)(C)C#N)c1. The predicted octanol–water partition coefficient (Wildman–Crippen LogP) is 4.20. The molecule has 0 amide bonds. The first kappa shape index (κ1) is 28.0. The van der Waals surface area contributed by atoms with Gasteiger partial charge in [-0.05, 0) is 75.2 Å². The maximum absolute atomic E-state index is 11.6. The van der Waals surface area contributed by atoms with E-state index in [2.05, 4.69) is 16.9 Å². The van der Waals surface area contributed by atoms with Gasteiger partial charge in [-0.25, -0.2) is 9.59 Å². The van der Waals surface area contributed by atoms with Crippen molar-refractivity contribution in [1.82, 2.24) is 0 Å². The number of hydrogen-bond acceptors (Lipinski definition) is 8. The third kappa shape index (κ3) is 6.98. The van der Waals surface area contributed by atoms with Crippen molar-refractivity contribution in [2.75, 3.05) is 38.9 Å². The van der Waals surface area contributed by atoms with E-state index < -0.39 is 22.8 Å². The molecule has 0 aliphatic heterocycles. The van der Waals surface area contributed by atoms with E-state index in [1.54, 1.807) is 38.1 Å². The lowest BCUT2D eigenvalue weighted by Gasteiger charge is -2.21. The molecule has 2 aromatic rings. The predicted molar refractivity (Wildman–Crippen MR) is 132 cm³/mol. The summed E-state index contributed by atoms with van der Waals surface area (Å²) in [5.41, 5.74) is 8.01. The highest BCUT2D eigenvalue weighted by molar-refractivity contribution is 5.91. The molecule has 0 bridgehead atoms. The van der Waals surface area contributed by atoms with Gasteiger partial charge >= 0.3 is 11.9 Å². The molecule has 2 aromatic carbocycles. The average molecular weight is 465 g/mol. The topological polar surface area (TPSA) is 129 Å². The fourth-order valence-corrected chi connectivity index (χ4v) is 2.84. The number of benzene rings is 2. The zero-order valence-corrected chi connectivity index (χ0v) is 21.0. The second-order valence-electron chi connectivity index (χ2n) is 8.96. The fraction of sp³-hybridized carbons (Fsp3) is 0.385. The number of rotatable bonds is 5. The van der Waals surface area contributed by atoms with Gasteiger partial charge in [-0.2, -0.15) is 10.5 Å². The van der Waals surface area contributed by atoms with Gasteiger partial charge in [0.15, 0.2) is 0 Å². The van der Waals surface area contributed by atoms with Gasteiger partial charge in [0.2, 0.25) is 0 Å². The summed E-state index contributed by atoms with van der Waals surface area (Å²) in [6.07, 6.45) is 0. The van der Waals surface area contributed by atoms with Crippen LogP contribution in [0.25, 0.3) is 0 Å². The Balaban J connectivity index is 0.000000342. The molecule has 8 heteroatoms. The molecule has 0 aliphatic rings. The zero-order chi connectivity index (χ0) is 26.3. The number of carbonyl (C=O) groups is 2. The average Bonchev–Trinajstić information content (AvgIpc) is 2.82. The molecule has 0 saturated heterocycles. The first-order valence-corrected chi connectivity index (χ1v) is 10.5. The Labute approximate surface area is 201 Å². The van der Waals surface area contributed by atoms with Gasteiger partial charge in [-0.15, -0.1) is 0 Å². The van der Waals surface area contributed by atoms with Crippen LogP contribution in [0.4, 0.5) is 11.4 Å². The summed E-state index contributed by atoms with van der Waals surface area (Å²) in [5.74, 6) is -0.851.